The summed E-state index contributed by atoms with van der Waals surface area (Å²) in [6.07, 6.45) is 11.8. The summed E-state index contributed by atoms with van der Waals surface area (Å²) in [7, 11) is 0. The molecule has 16 heavy (non-hydrogen) atoms. The highest BCUT2D eigenvalue weighted by atomic mass is 16.5. The van der Waals surface area contributed by atoms with Gasteiger partial charge in [0.2, 0.25) is 0 Å². The molecule has 1 saturated heterocycles. The molecular formula is C14H24O2. The Morgan fingerprint density at radius 3 is 2.69 bits per heavy atom. The molecule has 2 aliphatic carbocycles. The molecule has 3 fully saturated rings. The molecule has 1 heterocycles. The highest BCUT2D eigenvalue weighted by Gasteiger charge is 2.41. The number of hydrogen-bond acceptors (Lipinski definition) is 2. The van der Waals surface area contributed by atoms with E-state index in [9.17, 15) is 0 Å². The lowest BCUT2D eigenvalue weighted by molar-refractivity contribution is -0.0539. The van der Waals surface area contributed by atoms with Crippen LogP contribution in [0.15, 0.2) is 0 Å². The molecule has 0 N–H and O–H groups in total. The van der Waals surface area contributed by atoms with Crippen molar-refractivity contribution in [3.63, 3.8) is 0 Å². The molecular weight excluding hydrogens is 200 g/mol. The lowest BCUT2D eigenvalue weighted by Gasteiger charge is -2.25. The Balaban J connectivity index is 1.44. The van der Waals surface area contributed by atoms with E-state index in [1.807, 2.05) is 0 Å². The molecule has 3 atom stereocenters. The van der Waals surface area contributed by atoms with Crippen LogP contribution in [0, 0.1) is 11.8 Å². The van der Waals surface area contributed by atoms with Gasteiger partial charge in [0.1, 0.15) is 0 Å². The molecule has 0 spiro atoms. The van der Waals surface area contributed by atoms with E-state index in [1.54, 1.807) is 0 Å². The van der Waals surface area contributed by atoms with Crippen LogP contribution in [0.25, 0.3) is 0 Å². The molecule has 2 saturated carbocycles. The zero-order valence-electron chi connectivity index (χ0n) is 10.2. The van der Waals surface area contributed by atoms with Crippen LogP contribution in [0.5, 0.6) is 0 Å². The summed E-state index contributed by atoms with van der Waals surface area (Å²) >= 11 is 0. The molecule has 0 aromatic rings. The van der Waals surface area contributed by atoms with Crippen molar-refractivity contribution in [2.75, 3.05) is 13.2 Å². The number of ether oxygens (including phenoxy) is 2. The molecule has 0 aromatic heterocycles. The Morgan fingerprint density at radius 1 is 0.938 bits per heavy atom. The summed E-state index contributed by atoms with van der Waals surface area (Å²) in [6.45, 7) is 1.97. The molecule has 3 aliphatic rings. The molecule has 1 aliphatic heterocycles. The monoisotopic (exact) mass is 224 g/mol. The molecule has 2 heteroatoms. The first-order chi connectivity index (χ1) is 7.93. The van der Waals surface area contributed by atoms with Crippen molar-refractivity contribution in [2.45, 2.75) is 63.6 Å². The fourth-order valence-corrected chi connectivity index (χ4v) is 3.71. The van der Waals surface area contributed by atoms with E-state index in [0.29, 0.717) is 12.2 Å². The maximum Gasteiger partial charge on any atom is 0.0865 e. The van der Waals surface area contributed by atoms with Gasteiger partial charge in [0.05, 0.1) is 12.2 Å². The quantitative estimate of drug-likeness (QED) is 0.733. The summed E-state index contributed by atoms with van der Waals surface area (Å²) in [5.41, 5.74) is 0. The fourth-order valence-electron chi connectivity index (χ4n) is 3.71. The second kappa shape index (κ2) is 5.05. The van der Waals surface area contributed by atoms with Crippen LogP contribution in [-0.4, -0.2) is 25.4 Å². The molecule has 0 amide bonds. The average Bonchev–Trinajstić information content (AvgIpc) is 2.90. The van der Waals surface area contributed by atoms with E-state index >= 15 is 0 Å². The molecule has 0 bridgehead atoms. The van der Waals surface area contributed by atoms with Crippen LogP contribution >= 0.6 is 0 Å². The Labute approximate surface area is 98.7 Å². The Morgan fingerprint density at radius 2 is 1.81 bits per heavy atom. The topological polar surface area (TPSA) is 18.5 Å². The summed E-state index contributed by atoms with van der Waals surface area (Å²) in [5.74, 6) is 1.66. The molecule has 3 unspecified atom stereocenters. The Hall–Kier alpha value is -0.0800. The van der Waals surface area contributed by atoms with Gasteiger partial charge >= 0.3 is 0 Å². The molecule has 2 nitrogen and oxygen atoms in total. The van der Waals surface area contributed by atoms with Gasteiger partial charge in [-0.05, 0) is 43.9 Å². The van der Waals surface area contributed by atoms with Gasteiger partial charge in [-0.1, -0.05) is 19.3 Å². The van der Waals surface area contributed by atoms with Gasteiger partial charge in [-0.15, -0.1) is 0 Å². The van der Waals surface area contributed by atoms with E-state index < -0.39 is 0 Å². The summed E-state index contributed by atoms with van der Waals surface area (Å²) in [4.78, 5) is 0. The van der Waals surface area contributed by atoms with E-state index in [0.717, 1.165) is 25.0 Å². The third kappa shape index (κ3) is 2.28. The molecule has 92 valence electrons. The van der Waals surface area contributed by atoms with Gasteiger partial charge in [0.25, 0.3) is 0 Å². The Kier molecular flexibility index (Phi) is 3.49. The van der Waals surface area contributed by atoms with Crippen molar-refractivity contribution in [3.05, 3.63) is 0 Å². The zero-order valence-corrected chi connectivity index (χ0v) is 10.2. The van der Waals surface area contributed by atoms with Crippen LogP contribution in [0.3, 0.4) is 0 Å². The first kappa shape index (κ1) is 11.0. The minimum Gasteiger partial charge on any atom is -0.375 e. The van der Waals surface area contributed by atoms with E-state index in [-0.39, 0.29) is 0 Å². The molecule has 0 aromatic carbocycles. The van der Waals surface area contributed by atoms with Gasteiger partial charge in [0, 0.05) is 13.2 Å². The van der Waals surface area contributed by atoms with Crippen molar-refractivity contribution >= 4 is 0 Å². The van der Waals surface area contributed by atoms with Crippen molar-refractivity contribution in [2.24, 2.45) is 11.8 Å². The lowest BCUT2D eigenvalue weighted by atomic mass is 9.90. The maximum atomic E-state index is 6.13. The highest BCUT2D eigenvalue weighted by Crippen LogP contribution is 2.38. The molecule has 3 rings (SSSR count). The average molecular weight is 224 g/mol. The largest absolute Gasteiger partial charge is 0.375 e. The summed E-state index contributed by atoms with van der Waals surface area (Å²) in [5, 5.41) is 0. The van der Waals surface area contributed by atoms with Crippen molar-refractivity contribution in [1.82, 2.24) is 0 Å². The van der Waals surface area contributed by atoms with E-state index in [1.165, 1.54) is 51.4 Å². The summed E-state index contributed by atoms with van der Waals surface area (Å²) in [6, 6.07) is 0. The highest BCUT2D eigenvalue weighted by molar-refractivity contribution is 4.90. The van der Waals surface area contributed by atoms with Gasteiger partial charge in [0.15, 0.2) is 0 Å². The predicted octanol–water partition coefficient (Wildman–Crippen LogP) is 3.15. The lowest BCUT2D eigenvalue weighted by Crippen LogP contribution is -2.28. The van der Waals surface area contributed by atoms with Crippen LogP contribution in [-0.2, 0) is 9.47 Å². The fraction of sp³-hybridized carbons (Fsp3) is 1.00. The van der Waals surface area contributed by atoms with Crippen LogP contribution in [0.2, 0.25) is 0 Å². The zero-order chi connectivity index (χ0) is 10.8. The standard InChI is InChI=1S/C14H24O2/c1-2-4-11(5-3-1)10-16-13-7-6-12-8-9-15-14(12)13/h11-14H,1-10H2. The van der Waals surface area contributed by atoms with Crippen LogP contribution in [0.1, 0.15) is 51.4 Å². The minimum absolute atomic E-state index is 0.425. The van der Waals surface area contributed by atoms with Crippen molar-refractivity contribution in [1.29, 1.82) is 0 Å². The summed E-state index contributed by atoms with van der Waals surface area (Å²) < 4.78 is 11.9. The molecule has 0 radical (unpaired) electrons. The van der Waals surface area contributed by atoms with Gasteiger partial charge < -0.3 is 9.47 Å². The third-order valence-electron chi connectivity index (χ3n) is 4.72. The smallest absolute Gasteiger partial charge is 0.0865 e. The van der Waals surface area contributed by atoms with E-state index in [2.05, 4.69) is 0 Å². The minimum atomic E-state index is 0.425. The van der Waals surface area contributed by atoms with Crippen LogP contribution in [0.4, 0.5) is 0 Å². The van der Waals surface area contributed by atoms with Gasteiger partial charge in [-0.2, -0.15) is 0 Å². The number of rotatable bonds is 3. The number of hydrogen-bond donors (Lipinski definition) is 0. The van der Waals surface area contributed by atoms with Crippen molar-refractivity contribution in [3.8, 4) is 0 Å². The van der Waals surface area contributed by atoms with Gasteiger partial charge in [-0.3, -0.25) is 0 Å². The first-order valence-electron chi connectivity index (χ1n) is 7.16. The predicted molar refractivity (Wildman–Crippen MR) is 63.4 cm³/mol. The third-order valence-corrected chi connectivity index (χ3v) is 4.72. The Bertz CT molecular complexity index is 223. The second-order valence-electron chi connectivity index (χ2n) is 5.84. The SMILES string of the molecule is C1CCC(COC2CCC3CCOC32)CC1. The van der Waals surface area contributed by atoms with Crippen LogP contribution < -0.4 is 0 Å². The first-order valence-corrected chi connectivity index (χ1v) is 7.16. The van der Waals surface area contributed by atoms with Gasteiger partial charge in [-0.25, -0.2) is 0 Å². The maximum absolute atomic E-state index is 6.13. The van der Waals surface area contributed by atoms with E-state index in [4.69, 9.17) is 9.47 Å². The van der Waals surface area contributed by atoms with Crippen molar-refractivity contribution < 1.29 is 9.47 Å². The second-order valence-corrected chi connectivity index (χ2v) is 5.84. The normalized spacial score (nSPS) is 40.1. The number of fused-ring (bicyclic) bond motifs is 1.